The van der Waals surface area contributed by atoms with Gasteiger partial charge in [0.1, 0.15) is 0 Å². The number of hydrogen-bond donors (Lipinski definition) is 2. The molecule has 0 bridgehead atoms. The SMILES string of the molecule is CN1CCCN(C)C(C(NN)c2cnc(C(F)(F)F)s2)C1. The lowest BCUT2D eigenvalue weighted by molar-refractivity contribution is -0.137. The molecule has 0 aromatic carbocycles. The summed E-state index contributed by atoms with van der Waals surface area (Å²) in [6.07, 6.45) is -2.11. The van der Waals surface area contributed by atoms with E-state index in [9.17, 15) is 13.2 Å². The summed E-state index contributed by atoms with van der Waals surface area (Å²) in [7, 11) is 3.98. The summed E-state index contributed by atoms with van der Waals surface area (Å²) in [6.45, 7) is 2.59. The van der Waals surface area contributed by atoms with Gasteiger partial charge in [-0.15, -0.1) is 11.3 Å². The zero-order valence-corrected chi connectivity index (χ0v) is 12.8. The van der Waals surface area contributed by atoms with Crippen molar-refractivity contribution in [1.29, 1.82) is 0 Å². The second kappa shape index (κ2) is 6.57. The van der Waals surface area contributed by atoms with Crippen molar-refractivity contribution in [2.45, 2.75) is 24.7 Å². The van der Waals surface area contributed by atoms with E-state index < -0.39 is 11.2 Å². The van der Waals surface area contributed by atoms with Gasteiger partial charge < -0.3 is 9.80 Å². The van der Waals surface area contributed by atoms with Gasteiger partial charge in [-0.1, -0.05) is 0 Å². The Hall–Kier alpha value is -0.740. The van der Waals surface area contributed by atoms with Gasteiger partial charge in [-0.25, -0.2) is 4.98 Å². The number of aromatic nitrogens is 1. The molecule has 9 heteroatoms. The van der Waals surface area contributed by atoms with Gasteiger partial charge >= 0.3 is 6.18 Å². The lowest BCUT2D eigenvalue weighted by Crippen LogP contribution is -2.48. The smallest absolute Gasteiger partial charge is 0.305 e. The molecule has 1 aliphatic rings. The van der Waals surface area contributed by atoms with Crippen LogP contribution in [0.5, 0.6) is 0 Å². The summed E-state index contributed by atoms with van der Waals surface area (Å²) in [4.78, 5) is 8.31. The van der Waals surface area contributed by atoms with Crippen LogP contribution in [-0.2, 0) is 6.18 Å². The summed E-state index contributed by atoms with van der Waals surface area (Å²) in [5.41, 5.74) is 2.67. The van der Waals surface area contributed by atoms with Crippen LogP contribution >= 0.6 is 11.3 Å². The highest BCUT2D eigenvalue weighted by Crippen LogP contribution is 2.35. The number of hydrogen-bond acceptors (Lipinski definition) is 6. The first kappa shape index (κ1) is 16.6. The first-order valence-corrected chi connectivity index (χ1v) is 7.52. The quantitative estimate of drug-likeness (QED) is 0.649. The van der Waals surface area contributed by atoms with Crippen LogP contribution in [0.15, 0.2) is 6.20 Å². The highest BCUT2D eigenvalue weighted by atomic mass is 32.1. The molecule has 0 aliphatic carbocycles. The molecule has 1 saturated heterocycles. The molecule has 120 valence electrons. The summed E-state index contributed by atoms with van der Waals surface area (Å²) in [5.74, 6) is 5.62. The Kier molecular flexibility index (Phi) is 5.20. The van der Waals surface area contributed by atoms with Crippen LogP contribution in [0.4, 0.5) is 13.2 Å². The number of halogens is 3. The third-order valence-corrected chi connectivity index (χ3v) is 4.88. The van der Waals surface area contributed by atoms with Gasteiger partial charge in [-0.05, 0) is 33.6 Å². The van der Waals surface area contributed by atoms with Gasteiger partial charge in [0.25, 0.3) is 0 Å². The van der Waals surface area contributed by atoms with Crippen LogP contribution in [0.1, 0.15) is 22.3 Å². The molecular weight excluding hydrogens is 303 g/mol. The van der Waals surface area contributed by atoms with Crippen molar-refractivity contribution < 1.29 is 13.2 Å². The topological polar surface area (TPSA) is 57.4 Å². The van der Waals surface area contributed by atoms with Gasteiger partial charge in [0.05, 0.1) is 6.04 Å². The summed E-state index contributed by atoms with van der Waals surface area (Å²) in [5, 5.41) is -0.831. The maximum atomic E-state index is 12.7. The van der Waals surface area contributed by atoms with E-state index in [4.69, 9.17) is 5.84 Å². The van der Waals surface area contributed by atoms with Gasteiger partial charge in [-0.2, -0.15) is 13.2 Å². The fraction of sp³-hybridized carbons (Fsp3) is 0.750. The molecule has 1 aromatic heterocycles. The van der Waals surface area contributed by atoms with Crippen LogP contribution in [0, 0.1) is 0 Å². The number of rotatable bonds is 3. The number of nitrogens with zero attached hydrogens (tertiary/aromatic N) is 3. The van der Waals surface area contributed by atoms with Crippen molar-refractivity contribution in [3.8, 4) is 0 Å². The highest BCUT2D eigenvalue weighted by Gasteiger charge is 2.37. The Bertz CT molecular complexity index is 464. The zero-order valence-electron chi connectivity index (χ0n) is 12.0. The molecule has 2 heterocycles. The third kappa shape index (κ3) is 3.92. The zero-order chi connectivity index (χ0) is 15.6. The highest BCUT2D eigenvalue weighted by molar-refractivity contribution is 7.11. The van der Waals surface area contributed by atoms with Gasteiger partial charge in [0, 0.05) is 23.7 Å². The Labute approximate surface area is 125 Å². The van der Waals surface area contributed by atoms with E-state index in [1.54, 1.807) is 0 Å². The number of hydrazine groups is 1. The van der Waals surface area contributed by atoms with E-state index in [1.165, 1.54) is 6.20 Å². The molecule has 0 radical (unpaired) electrons. The third-order valence-electron chi connectivity index (χ3n) is 3.75. The second-order valence-corrected chi connectivity index (χ2v) is 6.44. The molecule has 1 aromatic rings. The Balaban J connectivity index is 2.23. The van der Waals surface area contributed by atoms with Crippen molar-refractivity contribution in [2.75, 3.05) is 33.7 Å². The lowest BCUT2D eigenvalue weighted by Gasteiger charge is -2.33. The summed E-state index contributed by atoms with van der Waals surface area (Å²) in [6, 6.07) is -0.367. The number of alkyl halides is 3. The van der Waals surface area contributed by atoms with E-state index in [0.717, 1.165) is 26.1 Å². The normalized spacial score (nSPS) is 24.0. The number of thiazole rings is 1. The fourth-order valence-electron chi connectivity index (χ4n) is 2.61. The van der Waals surface area contributed by atoms with Crippen LogP contribution in [0.3, 0.4) is 0 Å². The molecule has 0 spiro atoms. The molecular formula is C12H20F3N5S. The minimum absolute atomic E-state index is 0.00373. The molecule has 21 heavy (non-hydrogen) atoms. The van der Waals surface area contributed by atoms with Crippen LogP contribution < -0.4 is 11.3 Å². The summed E-state index contributed by atoms with van der Waals surface area (Å²) >= 11 is 0.652. The molecule has 2 rings (SSSR count). The minimum atomic E-state index is -4.41. The van der Waals surface area contributed by atoms with Crippen LogP contribution in [0.25, 0.3) is 0 Å². The van der Waals surface area contributed by atoms with Gasteiger partial charge in [-0.3, -0.25) is 11.3 Å². The monoisotopic (exact) mass is 323 g/mol. The van der Waals surface area contributed by atoms with E-state index >= 15 is 0 Å². The summed E-state index contributed by atoms with van der Waals surface area (Å²) < 4.78 is 38.1. The van der Waals surface area contributed by atoms with Crippen molar-refractivity contribution in [3.63, 3.8) is 0 Å². The average Bonchev–Trinajstić information content (AvgIpc) is 2.81. The molecule has 2 unspecified atom stereocenters. The van der Waals surface area contributed by atoms with Gasteiger partial charge in [0.15, 0.2) is 5.01 Å². The largest absolute Gasteiger partial charge is 0.443 e. The van der Waals surface area contributed by atoms with Crippen molar-refractivity contribution in [3.05, 3.63) is 16.1 Å². The van der Waals surface area contributed by atoms with Crippen LogP contribution in [-0.4, -0.2) is 54.6 Å². The molecule has 5 nitrogen and oxygen atoms in total. The van der Waals surface area contributed by atoms with E-state index in [0.29, 0.717) is 16.2 Å². The molecule has 0 saturated carbocycles. The number of likely N-dealkylation sites (N-methyl/N-ethyl adjacent to an activating group) is 2. The molecule has 2 atom stereocenters. The number of nitrogens with two attached hydrogens (primary N) is 1. The van der Waals surface area contributed by atoms with Crippen LogP contribution in [0.2, 0.25) is 0 Å². The minimum Gasteiger partial charge on any atom is -0.305 e. The predicted molar refractivity (Wildman–Crippen MR) is 75.7 cm³/mol. The van der Waals surface area contributed by atoms with Crippen molar-refractivity contribution in [2.24, 2.45) is 5.84 Å². The Morgan fingerprint density at radius 1 is 1.43 bits per heavy atom. The predicted octanol–water partition coefficient (Wildman–Crippen LogP) is 1.30. The molecule has 1 fully saturated rings. The second-order valence-electron chi connectivity index (χ2n) is 5.37. The fourth-order valence-corrected chi connectivity index (χ4v) is 3.51. The van der Waals surface area contributed by atoms with E-state index in [2.05, 4.69) is 20.2 Å². The molecule has 3 N–H and O–H groups in total. The molecule has 0 amide bonds. The average molecular weight is 323 g/mol. The molecule has 1 aliphatic heterocycles. The van der Waals surface area contributed by atoms with Crippen molar-refractivity contribution in [1.82, 2.24) is 20.2 Å². The van der Waals surface area contributed by atoms with E-state index in [1.807, 2.05) is 14.1 Å². The number of nitrogens with one attached hydrogen (secondary N) is 1. The standard InChI is InChI=1S/C12H20F3N5S/c1-19-4-3-5-20(2)8(7-19)10(18-16)9-6-17-11(21-9)12(13,14)15/h6,8,10,18H,3-5,7,16H2,1-2H3. The maximum absolute atomic E-state index is 12.7. The van der Waals surface area contributed by atoms with Gasteiger partial charge in [0.2, 0.25) is 0 Å². The Morgan fingerprint density at radius 2 is 2.14 bits per heavy atom. The van der Waals surface area contributed by atoms with E-state index in [-0.39, 0.29) is 12.1 Å². The Morgan fingerprint density at radius 3 is 2.71 bits per heavy atom. The lowest BCUT2D eigenvalue weighted by atomic mass is 10.1. The maximum Gasteiger partial charge on any atom is 0.443 e. The first-order chi connectivity index (χ1) is 9.82. The first-order valence-electron chi connectivity index (χ1n) is 6.70. The van der Waals surface area contributed by atoms with Crippen molar-refractivity contribution >= 4 is 11.3 Å².